The molecule has 0 N–H and O–H groups in total. The number of ether oxygens (including phenoxy) is 1. The summed E-state index contributed by atoms with van der Waals surface area (Å²) in [5, 5.41) is 0. The van der Waals surface area contributed by atoms with Crippen molar-refractivity contribution in [3.8, 4) is 0 Å². The average Bonchev–Trinajstić information content (AvgIpc) is 2.70. The molecular weight excluding hydrogens is 363 g/mol. The predicted octanol–water partition coefficient (Wildman–Crippen LogP) is 1.96. The van der Waals surface area contributed by atoms with Crippen molar-refractivity contribution in [2.75, 3.05) is 31.1 Å². The van der Waals surface area contributed by atoms with Crippen LogP contribution in [0.25, 0.3) is 0 Å². The second kappa shape index (κ2) is 7.27. The molecule has 2 amide bonds. The van der Waals surface area contributed by atoms with Crippen LogP contribution in [0.4, 0.5) is 10.1 Å². The number of nitrogens with zero attached hydrogens (tertiary/aromatic N) is 4. The normalized spacial score (nSPS) is 22.6. The van der Waals surface area contributed by atoms with Crippen LogP contribution in [-0.4, -0.2) is 58.5 Å². The summed E-state index contributed by atoms with van der Waals surface area (Å²) in [6, 6.07) is 7.69. The van der Waals surface area contributed by atoms with E-state index in [-0.39, 0.29) is 30.8 Å². The molecule has 0 saturated carbocycles. The van der Waals surface area contributed by atoms with E-state index in [1.165, 1.54) is 12.1 Å². The van der Waals surface area contributed by atoms with Crippen molar-refractivity contribution in [2.45, 2.75) is 25.4 Å². The zero-order valence-electron chi connectivity index (χ0n) is 15.6. The number of aromatic nitrogens is 2. The van der Waals surface area contributed by atoms with Crippen molar-refractivity contribution in [1.82, 2.24) is 14.9 Å². The van der Waals surface area contributed by atoms with Crippen molar-refractivity contribution in [1.29, 1.82) is 0 Å². The first-order chi connectivity index (χ1) is 13.5. The number of piperidine rings is 1. The van der Waals surface area contributed by atoms with E-state index in [1.807, 2.05) is 6.92 Å². The number of likely N-dealkylation sites (tertiary alicyclic amines) is 1. The van der Waals surface area contributed by atoms with Gasteiger partial charge in [0.05, 0.1) is 13.1 Å². The number of halogens is 1. The summed E-state index contributed by atoms with van der Waals surface area (Å²) in [7, 11) is 0. The molecule has 1 aromatic carbocycles. The number of carbonyl (C=O) groups is 2. The van der Waals surface area contributed by atoms with E-state index >= 15 is 0 Å². The Bertz CT molecular complexity index is 922. The Labute approximate surface area is 162 Å². The largest absolute Gasteiger partial charge is 0.361 e. The fourth-order valence-electron chi connectivity index (χ4n) is 3.81. The zero-order valence-corrected chi connectivity index (χ0v) is 15.6. The zero-order chi connectivity index (χ0) is 19.7. The fourth-order valence-corrected chi connectivity index (χ4v) is 3.81. The maximum atomic E-state index is 13.6. The van der Waals surface area contributed by atoms with E-state index in [0.717, 1.165) is 12.1 Å². The van der Waals surface area contributed by atoms with Crippen LogP contribution in [0.1, 0.15) is 29.2 Å². The van der Waals surface area contributed by atoms with Gasteiger partial charge >= 0.3 is 0 Å². The lowest BCUT2D eigenvalue weighted by atomic mass is 9.90. The number of hydrogen-bond donors (Lipinski definition) is 0. The minimum Gasteiger partial charge on any atom is -0.361 e. The third kappa shape index (κ3) is 3.60. The van der Waals surface area contributed by atoms with Crippen LogP contribution in [0.15, 0.2) is 36.5 Å². The van der Waals surface area contributed by atoms with Crippen LogP contribution >= 0.6 is 0 Å². The molecule has 1 aromatic heterocycles. The molecule has 7 nitrogen and oxygen atoms in total. The van der Waals surface area contributed by atoms with Crippen molar-refractivity contribution < 1.29 is 18.7 Å². The molecule has 1 unspecified atom stereocenters. The first-order valence-corrected chi connectivity index (χ1v) is 9.25. The fraction of sp³-hybridized carbons (Fsp3) is 0.400. The predicted molar refractivity (Wildman–Crippen MR) is 99.3 cm³/mol. The summed E-state index contributed by atoms with van der Waals surface area (Å²) in [5.74, 6) is -0.712. The molecular formula is C20H21FN4O3. The topological polar surface area (TPSA) is 75.6 Å². The number of carbonyl (C=O) groups excluding carboxylic acids is 2. The lowest BCUT2D eigenvalue weighted by Gasteiger charge is -2.47. The van der Waals surface area contributed by atoms with Crippen LogP contribution in [0.5, 0.6) is 0 Å². The van der Waals surface area contributed by atoms with E-state index in [2.05, 4.69) is 9.97 Å². The van der Waals surface area contributed by atoms with E-state index in [4.69, 9.17) is 4.74 Å². The maximum Gasteiger partial charge on any atom is 0.291 e. The Morgan fingerprint density at radius 2 is 2.14 bits per heavy atom. The Balaban J connectivity index is 1.55. The smallest absolute Gasteiger partial charge is 0.291 e. The van der Waals surface area contributed by atoms with Gasteiger partial charge in [-0.1, -0.05) is 6.07 Å². The molecule has 28 heavy (non-hydrogen) atoms. The van der Waals surface area contributed by atoms with E-state index < -0.39 is 11.4 Å². The molecule has 4 rings (SSSR count). The standard InChI is InChI=1S/C20H21FN4O3/c1-14-6-8-22-18(23-14)19(27)24-9-3-7-20(12-24)13-25(17(26)11-28-20)16-5-2-4-15(21)10-16/h2,4-6,8,10H,3,7,9,11-13H2,1H3. The van der Waals surface area contributed by atoms with Crippen LogP contribution in [0.3, 0.4) is 0 Å². The van der Waals surface area contributed by atoms with Crippen LogP contribution < -0.4 is 4.90 Å². The molecule has 146 valence electrons. The minimum absolute atomic E-state index is 0.0977. The molecule has 3 heterocycles. The molecule has 2 aliphatic rings. The Morgan fingerprint density at radius 1 is 1.29 bits per heavy atom. The highest BCUT2D eigenvalue weighted by Gasteiger charge is 2.44. The van der Waals surface area contributed by atoms with Crippen molar-refractivity contribution >= 4 is 17.5 Å². The molecule has 2 saturated heterocycles. The summed E-state index contributed by atoms with van der Waals surface area (Å²) in [5.41, 5.74) is 0.540. The molecule has 0 bridgehead atoms. The quantitative estimate of drug-likeness (QED) is 0.791. The van der Waals surface area contributed by atoms with Gasteiger partial charge in [-0.2, -0.15) is 0 Å². The van der Waals surface area contributed by atoms with Crippen molar-refractivity contribution in [3.05, 3.63) is 53.9 Å². The number of aryl methyl sites for hydroxylation is 1. The van der Waals surface area contributed by atoms with Crippen LogP contribution in [0, 0.1) is 12.7 Å². The molecule has 1 atom stereocenters. The number of anilines is 1. The molecule has 0 radical (unpaired) electrons. The molecule has 2 aromatic rings. The molecule has 0 aliphatic carbocycles. The van der Waals surface area contributed by atoms with Gasteiger partial charge in [-0.15, -0.1) is 0 Å². The lowest BCUT2D eigenvalue weighted by Crippen LogP contribution is -2.62. The highest BCUT2D eigenvalue weighted by atomic mass is 19.1. The first-order valence-electron chi connectivity index (χ1n) is 9.25. The minimum atomic E-state index is -0.683. The number of morpholine rings is 1. The molecule has 1 spiro atoms. The van der Waals surface area contributed by atoms with E-state index in [9.17, 15) is 14.0 Å². The second-order valence-corrected chi connectivity index (χ2v) is 7.28. The average molecular weight is 384 g/mol. The van der Waals surface area contributed by atoms with E-state index in [1.54, 1.807) is 34.2 Å². The van der Waals surface area contributed by atoms with Gasteiger partial charge in [0, 0.05) is 24.1 Å². The number of rotatable bonds is 2. The Kier molecular flexibility index (Phi) is 4.80. The van der Waals surface area contributed by atoms with Gasteiger partial charge in [0.25, 0.3) is 11.8 Å². The third-order valence-corrected chi connectivity index (χ3v) is 5.18. The SMILES string of the molecule is Cc1ccnc(C(=O)N2CCCC3(C2)CN(c2cccc(F)c2)C(=O)CO3)n1. The highest BCUT2D eigenvalue weighted by Crippen LogP contribution is 2.32. The molecule has 2 fully saturated rings. The molecule has 2 aliphatic heterocycles. The van der Waals surface area contributed by atoms with Crippen molar-refractivity contribution in [3.63, 3.8) is 0 Å². The highest BCUT2D eigenvalue weighted by molar-refractivity contribution is 5.95. The number of hydrogen-bond acceptors (Lipinski definition) is 5. The van der Waals surface area contributed by atoms with Gasteiger partial charge < -0.3 is 14.5 Å². The van der Waals surface area contributed by atoms with Gasteiger partial charge in [-0.05, 0) is 44.0 Å². The lowest BCUT2D eigenvalue weighted by molar-refractivity contribution is -0.144. The Hall–Kier alpha value is -2.87. The Morgan fingerprint density at radius 3 is 2.93 bits per heavy atom. The van der Waals surface area contributed by atoms with Gasteiger partial charge in [0.1, 0.15) is 18.0 Å². The second-order valence-electron chi connectivity index (χ2n) is 7.28. The van der Waals surface area contributed by atoms with Gasteiger partial charge in [0.2, 0.25) is 5.82 Å². The first kappa shape index (κ1) is 18.5. The van der Waals surface area contributed by atoms with Crippen molar-refractivity contribution in [2.24, 2.45) is 0 Å². The van der Waals surface area contributed by atoms with Crippen LogP contribution in [-0.2, 0) is 9.53 Å². The van der Waals surface area contributed by atoms with Gasteiger partial charge in [-0.3, -0.25) is 9.59 Å². The summed E-state index contributed by atoms with van der Waals surface area (Å²) in [6.07, 6.45) is 3.02. The van der Waals surface area contributed by atoms with Crippen LogP contribution in [0.2, 0.25) is 0 Å². The monoisotopic (exact) mass is 384 g/mol. The van der Waals surface area contributed by atoms with E-state index in [0.29, 0.717) is 25.2 Å². The third-order valence-electron chi connectivity index (χ3n) is 5.18. The maximum absolute atomic E-state index is 13.6. The summed E-state index contributed by atoms with van der Waals surface area (Å²) in [6.45, 7) is 2.90. The number of benzene rings is 1. The number of amides is 2. The van der Waals surface area contributed by atoms with Gasteiger partial charge in [-0.25, -0.2) is 14.4 Å². The molecule has 8 heteroatoms. The van der Waals surface area contributed by atoms with Gasteiger partial charge in [0.15, 0.2) is 0 Å². The summed E-state index contributed by atoms with van der Waals surface area (Å²) >= 11 is 0. The summed E-state index contributed by atoms with van der Waals surface area (Å²) in [4.78, 5) is 36.8. The summed E-state index contributed by atoms with van der Waals surface area (Å²) < 4.78 is 19.6.